The summed E-state index contributed by atoms with van der Waals surface area (Å²) in [7, 11) is 1.77. The van der Waals surface area contributed by atoms with E-state index in [4.69, 9.17) is 4.74 Å². The Labute approximate surface area is 87.8 Å². The molecule has 0 aliphatic carbocycles. The molecule has 1 rings (SSSR count). The van der Waals surface area contributed by atoms with Crippen LogP contribution in [-0.2, 0) is 4.74 Å². The molecule has 0 unspecified atom stereocenters. The van der Waals surface area contributed by atoms with Gasteiger partial charge in [-0.25, -0.2) is 0 Å². The average Bonchev–Trinajstić information content (AvgIpc) is 2.59. The van der Waals surface area contributed by atoms with Gasteiger partial charge >= 0.3 is 0 Å². The quantitative estimate of drug-likeness (QED) is 0.687. The Morgan fingerprint density at radius 1 is 1.43 bits per heavy atom. The molecule has 1 aliphatic heterocycles. The second-order valence-corrected chi connectivity index (χ2v) is 4.28. The van der Waals surface area contributed by atoms with Crippen molar-refractivity contribution in [3.63, 3.8) is 0 Å². The topological polar surface area (TPSA) is 24.5 Å². The molecule has 1 N–H and O–H groups in total. The van der Waals surface area contributed by atoms with E-state index >= 15 is 0 Å². The highest BCUT2D eigenvalue weighted by Gasteiger charge is 2.24. The van der Waals surface area contributed by atoms with Crippen molar-refractivity contribution in [3.05, 3.63) is 0 Å². The Hall–Kier alpha value is -0.120. The number of hydrogen-bond donors (Lipinski definition) is 1. The molecule has 84 valence electrons. The molecule has 2 atom stereocenters. The standard InChI is InChI=1S/C11H24N2O/c1-4-13(5-6-14-3)9-11-8-12-7-10(11)2/h10-12H,4-9H2,1-3H3/t10-,11+/m1/s1. The molecule has 0 radical (unpaired) electrons. The summed E-state index contributed by atoms with van der Waals surface area (Å²) in [5.74, 6) is 1.65. The lowest BCUT2D eigenvalue weighted by Gasteiger charge is -2.25. The number of nitrogens with zero attached hydrogens (tertiary/aromatic N) is 1. The summed E-state index contributed by atoms with van der Waals surface area (Å²) >= 11 is 0. The highest BCUT2D eigenvalue weighted by Crippen LogP contribution is 2.16. The smallest absolute Gasteiger partial charge is 0.0589 e. The van der Waals surface area contributed by atoms with Crippen molar-refractivity contribution in [2.75, 3.05) is 46.4 Å². The lowest BCUT2D eigenvalue weighted by atomic mass is 9.97. The van der Waals surface area contributed by atoms with Gasteiger partial charge in [-0.05, 0) is 31.5 Å². The van der Waals surface area contributed by atoms with Crippen LogP contribution in [-0.4, -0.2) is 51.3 Å². The number of nitrogens with one attached hydrogen (secondary N) is 1. The molecule has 0 saturated carbocycles. The van der Waals surface area contributed by atoms with Crippen LogP contribution in [0.3, 0.4) is 0 Å². The van der Waals surface area contributed by atoms with Crippen LogP contribution < -0.4 is 5.32 Å². The molecule has 1 aliphatic rings. The number of likely N-dealkylation sites (N-methyl/N-ethyl adjacent to an activating group) is 1. The molecular formula is C11H24N2O. The third-order valence-corrected chi connectivity index (χ3v) is 3.23. The van der Waals surface area contributed by atoms with Gasteiger partial charge in [0.05, 0.1) is 6.61 Å². The van der Waals surface area contributed by atoms with Crippen LogP contribution in [0.1, 0.15) is 13.8 Å². The average molecular weight is 200 g/mol. The fourth-order valence-electron chi connectivity index (χ4n) is 2.04. The van der Waals surface area contributed by atoms with Crippen LogP contribution >= 0.6 is 0 Å². The van der Waals surface area contributed by atoms with E-state index in [1.54, 1.807) is 7.11 Å². The monoisotopic (exact) mass is 200 g/mol. The van der Waals surface area contributed by atoms with E-state index < -0.39 is 0 Å². The van der Waals surface area contributed by atoms with Crippen molar-refractivity contribution in [2.24, 2.45) is 11.8 Å². The van der Waals surface area contributed by atoms with E-state index in [0.29, 0.717) is 0 Å². The lowest BCUT2D eigenvalue weighted by Crippen LogP contribution is -2.34. The van der Waals surface area contributed by atoms with Gasteiger partial charge in [-0.1, -0.05) is 13.8 Å². The third kappa shape index (κ3) is 3.56. The summed E-state index contributed by atoms with van der Waals surface area (Å²) in [6.07, 6.45) is 0. The fourth-order valence-corrected chi connectivity index (χ4v) is 2.04. The van der Waals surface area contributed by atoms with Crippen molar-refractivity contribution >= 4 is 0 Å². The zero-order valence-corrected chi connectivity index (χ0v) is 9.75. The van der Waals surface area contributed by atoms with Gasteiger partial charge in [0, 0.05) is 20.2 Å². The van der Waals surface area contributed by atoms with E-state index in [-0.39, 0.29) is 0 Å². The van der Waals surface area contributed by atoms with Gasteiger partial charge < -0.3 is 15.0 Å². The Kier molecular flexibility index (Phi) is 5.45. The van der Waals surface area contributed by atoms with E-state index in [1.165, 1.54) is 19.6 Å². The molecular weight excluding hydrogens is 176 g/mol. The zero-order chi connectivity index (χ0) is 10.4. The Balaban J connectivity index is 2.24. The first-order chi connectivity index (χ1) is 6.77. The van der Waals surface area contributed by atoms with Gasteiger partial charge in [-0.3, -0.25) is 0 Å². The number of methoxy groups -OCH3 is 1. The summed E-state index contributed by atoms with van der Waals surface area (Å²) in [6.45, 7) is 11.2. The normalized spacial score (nSPS) is 27.4. The van der Waals surface area contributed by atoms with E-state index in [9.17, 15) is 0 Å². The van der Waals surface area contributed by atoms with Crippen molar-refractivity contribution in [2.45, 2.75) is 13.8 Å². The van der Waals surface area contributed by atoms with Crippen molar-refractivity contribution in [1.29, 1.82) is 0 Å². The maximum absolute atomic E-state index is 5.11. The van der Waals surface area contributed by atoms with E-state index in [0.717, 1.165) is 31.5 Å². The minimum absolute atomic E-state index is 0.826. The second kappa shape index (κ2) is 6.38. The molecule has 0 amide bonds. The Bertz CT molecular complexity index is 152. The maximum Gasteiger partial charge on any atom is 0.0589 e. The summed E-state index contributed by atoms with van der Waals surface area (Å²) in [4.78, 5) is 2.48. The number of rotatable bonds is 6. The highest BCUT2D eigenvalue weighted by atomic mass is 16.5. The summed E-state index contributed by atoms with van der Waals surface area (Å²) in [5, 5.41) is 3.45. The Morgan fingerprint density at radius 2 is 2.21 bits per heavy atom. The maximum atomic E-state index is 5.11. The second-order valence-electron chi connectivity index (χ2n) is 4.28. The highest BCUT2D eigenvalue weighted by molar-refractivity contribution is 4.80. The molecule has 1 saturated heterocycles. The SMILES string of the molecule is CCN(CCOC)C[C@@H]1CNC[C@H]1C. The van der Waals surface area contributed by atoms with Gasteiger partial charge in [0.2, 0.25) is 0 Å². The van der Waals surface area contributed by atoms with Gasteiger partial charge in [-0.2, -0.15) is 0 Å². The van der Waals surface area contributed by atoms with Gasteiger partial charge in [-0.15, -0.1) is 0 Å². The fraction of sp³-hybridized carbons (Fsp3) is 1.00. The molecule has 1 heterocycles. The van der Waals surface area contributed by atoms with Crippen LogP contribution in [0, 0.1) is 11.8 Å². The van der Waals surface area contributed by atoms with E-state index in [2.05, 4.69) is 24.1 Å². The van der Waals surface area contributed by atoms with Crippen LogP contribution in [0.15, 0.2) is 0 Å². The Morgan fingerprint density at radius 3 is 2.71 bits per heavy atom. The largest absolute Gasteiger partial charge is 0.383 e. The molecule has 0 spiro atoms. The molecule has 3 nitrogen and oxygen atoms in total. The van der Waals surface area contributed by atoms with Gasteiger partial charge in [0.1, 0.15) is 0 Å². The van der Waals surface area contributed by atoms with Crippen LogP contribution in [0.4, 0.5) is 0 Å². The van der Waals surface area contributed by atoms with Gasteiger partial charge in [0.15, 0.2) is 0 Å². The van der Waals surface area contributed by atoms with Crippen LogP contribution in [0.25, 0.3) is 0 Å². The lowest BCUT2D eigenvalue weighted by molar-refractivity contribution is 0.137. The predicted octanol–water partition coefficient (Wildman–Crippen LogP) is 0.810. The zero-order valence-electron chi connectivity index (χ0n) is 9.75. The minimum Gasteiger partial charge on any atom is -0.383 e. The van der Waals surface area contributed by atoms with Crippen molar-refractivity contribution in [3.8, 4) is 0 Å². The van der Waals surface area contributed by atoms with Crippen LogP contribution in [0.2, 0.25) is 0 Å². The van der Waals surface area contributed by atoms with E-state index in [1.807, 2.05) is 0 Å². The van der Waals surface area contributed by atoms with Crippen molar-refractivity contribution < 1.29 is 4.74 Å². The third-order valence-electron chi connectivity index (χ3n) is 3.23. The number of hydrogen-bond acceptors (Lipinski definition) is 3. The summed E-state index contributed by atoms with van der Waals surface area (Å²) in [5.41, 5.74) is 0. The molecule has 0 aromatic rings. The first-order valence-corrected chi connectivity index (χ1v) is 5.70. The van der Waals surface area contributed by atoms with Crippen molar-refractivity contribution in [1.82, 2.24) is 10.2 Å². The molecule has 14 heavy (non-hydrogen) atoms. The molecule has 3 heteroatoms. The molecule has 1 fully saturated rings. The molecule has 0 aromatic heterocycles. The minimum atomic E-state index is 0.826. The molecule has 0 bridgehead atoms. The summed E-state index contributed by atoms with van der Waals surface area (Å²) in [6, 6.07) is 0. The van der Waals surface area contributed by atoms with Gasteiger partial charge in [0.25, 0.3) is 0 Å². The van der Waals surface area contributed by atoms with Crippen LogP contribution in [0.5, 0.6) is 0 Å². The predicted molar refractivity (Wildman–Crippen MR) is 59.5 cm³/mol. The summed E-state index contributed by atoms with van der Waals surface area (Å²) < 4.78 is 5.11. The molecule has 0 aromatic carbocycles. The first-order valence-electron chi connectivity index (χ1n) is 5.70. The number of ether oxygens (including phenoxy) is 1. The first kappa shape index (κ1) is 12.0.